The fourth-order valence-corrected chi connectivity index (χ4v) is 1.70. The van der Waals surface area contributed by atoms with E-state index in [0.717, 1.165) is 12.1 Å². The summed E-state index contributed by atoms with van der Waals surface area (Å²) in [5, 5.41) is 2.86. The minimum atomic E-state index is -0.237. The van der Waals surface area contributed by atoms with Crippen LogP contribution in [-0.4, -0.2) is 29.9 Å². The van der Waals surface area contributed by atoms with Crippen LogP contribution < -0.4 is 5.32 Å². The van der Waals surface area contributed by atoms with Crippen LogP contribution in [-0.2, 0) is 11.3 Å². The van der Waals surface area contributed by atoms with Gasteiger partial charge in [0.1, 0.15) is 5.82 Å². The molecule has 0 heterocycles. The van der Waals surface area contributed by atoms with Crippen LogP contribution in [0.4, 0.5) is 4.39 Å². The van der Waals surface area contributed by atoms with Crippen LogP contribution in [0.1, 0.15) is 26.3 Å². The van der Waals surface area contributed by atoms with Crippen molar-refractivity contribution >= 4 is 5.91 Å². The molecule has 0 aliphatic carbocycles. The second kappa shape index (κ2) is 7.11. The van der Waals surface area contributed by atoms with E-state index < -0.39 is 0 Å². The number of carbonyl (C=O) groups excluding carboxylic acids is 1. The Hall–Kier alpha value is -1.42. The minimum absolute atomic E-state index is 0.0222. The SMILES string of the molecule is CCN(CC(=O)NC(C)C)Cc1ccc(F)cc1. The van der Waals surface area contributed by atoms with Crippen LogP contribution in [0.25, 0.3) is 0 Å². The molecule has 0 aliphatic heterocycles. The van der Waals surface area contributed by atoms with Gasteiger partial charge in [0.05, 0.1) is 6.54 Å². The lowest BCUT2D eigenvalue weighted by Crippen LogP contribution is -2.39. The number of nitrogens with one attached hydrogen (secondary N) is 1. The highest BCUT2D eigenvalue weighted by molar-refractivity contribution is 5.78. The number of carbonyl (C=O) groups is 1. The summed E-state index contributed by atoms with van der Waals surface area (Å²) in [6.07, 6.45) is 0. The summed E-state index contributed by atoms with van der Waals surface area (Å²) in [6.45, 7) is 7.69. The Balaban J connectivity index is 2.51. The number of rotatable bonds is 6. The van der Waals surface area contributed by atoms with E-state index >= 15 is 0 Å². The Morgan fingerprint density at radius 3 is 2.44 bits per heavy atom. The summed E-state index contributed by atoms with van der Waals surface area (Å²) in [5.74, 6) is -0.215. The van der Waals surface area contributed by atoms with E-state index in [0.29, 0.717) is 13.1 Å². The molecule has 0 radical (unpaired) electrons. The highest BCUT2D eigenvalue weighted by Crippen LogP contribution is 2.06. The van der Waals surface area contributed by atoms with E-state index in [9.17, 15) is 9.18 Å². The van der Waals surface area contributed by atoms with Crippen molar-refractivity contribution in [2.75, 3.05) is 13.1 Å². The normalized spacial score (nSPS) is 11.0. The Bertz CT molecular complexity index is 376. The van der Waals surface area contributed by atoms with Crippen molar-refractivity contribution in [2.45, 2.75) is 33.4 Å². The van der Waals surface area contributed by atoms with Crippen molar-refractivity contribution in [2.24, 2.45) is 0 Å². The maximum absolute atomic E-state index is 12.8. The van der Waals surface area contributed by atoms with Gasteiger partial charge < -0.3 is 5.32 Å². The largest absolute Gasteiger partial charge is 0.353 e. The van der Waals surface area contributed by atoms with E-state index in [-0.39, 0.29) is 17.8 Å². The zero-order valence-electron chi connectivity index (χ0n) is 11.2. The molecule has 3 nitrogen and oxygen atoms in total. The van der Waals surface area contributed by atoms with Gasteiger partial charge >= 0.3 is 0 Å². The van der Waals surface area contributed by atoms with Crippen molar-refractivity contribution < 1.29 is 9.18 Å². The van der Waals surface area contributed by atoms with Gasteiger partial charge in [-0.25, -0.2) is 4.39 Å². The zero-order valence-corrected chi connectivity index (χ0v) is 11.2. The van der Waals surface area contributed by atoms with E-state index in [4.69, 9.17) is 0 Å². The molecule has 0 aromatic heterocycles. The molecule has 1 amide bonds. The minimum Gasteiger partial charge on any atom is -0.353 e. The Morgan fingerprint density at radius 2 is 1.94 bits per heavy atom. The summed E-state index contributed by atoms with van der Waals surface area (Å²) < 4.78 is 12.8. The lowest BCUT2D eigenvalue weighted by molar-refractivity contribution is -0.122. The quantitative estimate of drug-likeness (QED) is 0.841. The van der Waals surface area contributed by atoms with E-state index in [1.54, 1.807) is 12.1 Å². The second-order valence-corrected chi connectivity index (χ2v) is 4.65. The van der Waals surface area contributed by atoms with Crippen molar-refractivity contribution in [3.63, 3.8) is 0 Å². The molecule has 0 bridgehead atoms. The molecule has 1 N–H and O–H groups in total. The molecular formula is C14H21FN2O. The first kappa shape index (κ1) is 14.6. The molecular weight excluding hydrogens is 231 g/mol. The molecule has 0 spiro atoms. The van der Waals surface area contributed by atoms with Gasteiger partial charge in [0.15, 0.2) is 0 Å². The first-order valence-corrected chi connectivity index (χ1v) is 6.27. The van der Waals surface area contributed by atoms with Crippen LogP contribution in [0.5, 0.6) is 0 Å². The summed E-state index contributed by atoms with van der Waals surface area (Å²) >= 11 is 0. The molecule has 1 aromatic carbocycles. The van der Waals surface area contributed by atoms with Gasteiger partial charge in [-0.15, -0.1) is 0 Å². The molecule has 0 aliphatic rings. The lowest BCUT2D eigenvalue weighted by Gasteiger charge is -2.20. The van der Waals surface area contributed by atoms with Gasteiger partial charge in [-0.3, -0.25) is 9.69 Å². The van der Waals surface area contributed by atoms with Gasteiger partial charge in [0.2, 0.25) is 5.91 Å². The highest BCUT2D eigenvalue weighted by Gasteiger charge is 2.10. The third-order valence-corrected chi connectivity index (χ3v) is 2.58. The molecule has 0 saturated heterocycles. The Kier molecular flexibility index (Phi) is 5.78. The third-order valence-electron chi connectivity index (χ3n) is 2.58. The summed E-state index contributed by atoms with van der Waals surface area (Å²) in [5.41, 5.74) is 1.01. The number of likely N-dealkylation sites (N-methyl/N-ethyl adjacent to an activating group) is 1. The van der Waals surface area contributed by atoms with Crippen molar-refractivity contribution in [1.29, 1.82) is 0 Å². The number of hydrogen-bond acceptors (Lipinski definition) is 2. The first-order chi connectivity index (χ1) is 8.51. The van der Waals surface area contributed by atoms with E-state index in [1.807, 2.05) is 25.7 Å². The summed E-state index contributed by atoms with van der Waals surface area (Å²) in [6, 6.07) is 6.54. The van der Waals surface area contributed by atoms with E-state index in [2.05, 4.69) is 5.32 Å². The first-order valence-electron chi connectivity index (χ1n) is 6.27. The predicted molar refractivity (Wildman–Crippen MR) is 70.6 cm³/mol. The van der Waals surface area contributed by atoms with Gasteiger partial charge in [0, 0.05) is 12.6 Å². The summed E-state index contributed by atoms with van der Waals surface area (Å²) in [4.78, 5) is 13.7. The third kappa shape index (κ3) is 5.27. The molecule has 1 rings (SSSR count). The molecule has 0 fully saturated rings. The fourth-order valence-electron chi connectivity index (χ4n) is 1.70. The van der Waals surface area contributed by atoms with Crippen molar-refractivity contribution in [1.82, 2.24) is 10.2 Å². The summed E-state index contributed by atoms with van der Waals surface area (Å²) in [7, 11) is 0. The van der Waals surface area contributed by atoms with Gasteiger partial charge in [0.25, 0.3) is 0 Å². The molecule has 0 saturated carbocycles. The average molecular weight is 252 g/mol. The van der Waals surface area contributed by atoms with Crippen LogP contribution in [0.2, 0.25) is 0 Å². The number of hydrogen-bond donors (Lipinski definition) is 1. The molecule has 0 unspecified atom stereocenters. The molecule has 0 atom stereocenters. The number of benzene rings is 1. The van der Waals surface area contributed by atoms with Crippen LogP contribution >= 0.6 is 0 Å². The smallest absolute Gasteiger partial charge is 0.234 e. The molecule has 1 aromatic rings. The second-order valence-electron chi connectivity index (χ2n) is 4.65. The standard InChI is InChI=1S/C14H21FN2O/c1-4-17(10-14(18)16-11(2)3)9-12-5-7-13(15)8-6-12/h5-8,11H,4,9-10H2,1-3H3,(H,16,18). The maximum Gasteiger partial charge on any atom is 0.234 e. The van der Waals surface area contributed by atoms with Crippen LogP contribution in [0.3, 0.4) is 0 Å². The molecule has 4 heteroatoms. The van der Waals surface area contributed by atoms with Gasteiger partial charge in [-0.2, -0.15) is 0 Å². The number of amides is 1. The topological polar surface area (TPSA) is 32.3 Å². The maximum atomic E-state index is 12.8. The van der Waals surface area contributed by atoms with E-state index in [1.165, 1.54) is 12.1 Å². The van der Waals surface area contributed by atoms with Gasteiger partial charge in [-0.05, 0) is 38.1 Å². The number of nitrogens with zero attached hydrogens (tertiary/aromatic N) is 1. The highest BCUT2D eigenvalue weighted by atomic mass is 19.1. The zero-order chi connectivity index (χ0) is 13.5. The monoisotopic (exact) mass is 252 g/mol. The van der Waals surface area contributed by atoms with Crippen LogP contribution in [0, 0.1) is 5.82 Å². The number of halogens is 1. The van der Waals surface area contributed by atoms with Crippen LogP contribution in [0.15, 0.2) is 24.3 Å². The molecule has 100 valence electrons. The van der Waals surface area contributed by atoms with Crippen molar-refractivity contribution in [3.8, 4) is 0 Å². The van der Waals surface area contributed by atoms with Gasteiger partial charge in [-0.1, -0.05) is 19.1 Å². The predicted octanol–water partition coefficient (Wildman–Crippen LogP) is 2.17. The lowest BCUT2D eigenvalue weighted by atomic mass is 10.2. The average Bonchev–Trinajstić information content (AvgIpc) is 2.30. The van der Waals surface area contributed by atoms with Crippen molar-refractivity contribution in [3.05, 3.63) is 35.6 Å². The molecule has 18 heavy (non-hydrogen) atoms. The Labute approximate surface area is 108 Å². The Morgan fingerprint density at radius 1 is 1.33 bits per heavy atom. The fraction of sp³-hybridized carbons (Fsp3) is 0.500.